The van der Waals surface area contributed by atoms with E-state index in [2.05, 4.69) is 38.1 Å². The molecule has 0 radical (unpaired) electrons. The molecule has 0 unspecified atom stereocenters. The van der Waals surface area contributed by atoms with Gasteiger partial charge in [-0.25, -0.2) is 10.6 Å². The van der Waals surface area contributed by atoms with Gasteiger partial charge in [0, 0.05) is 6.54 Å². The van der Waals surface area contributed by atoms with Crippen LogP contribution in [0.4, 0.5) is 4.79 Å². The Morgan fingerprint density at radius 2 is 1.74 bits per heavy atom. The summed E-state index contributed by atoms with van der Waals surface area (Å²) in [6.45, 7) is 5.26. The Morgan fingerprint density at radius 1 is 1.09 bits per heavy atom. The van der Waals surface area contributed by atoms with Crippen LogP contribution in [-0.2, 0) is 17.9 Å². The SMILES string of the molecule is CC(C)c1cccc(CN)c1.NNC(=O)OCc1ccccc1. The van der Waals surface area contributed by atoms with E-state index in [0.29, 0.717) is 12.5 Å². The lowest BCUT2D eigenvalue weighted by Gasteiger charge is -2.05. The number of hydrogen-bond donors (Lipinski definition) is 3. The van der Waals surface area contributed by atoms with E-state index in [4.69, 9.17) is 16.3 Å². The topological polar surface area (TPSA) is 90.4 Å². The van der Waals surface area contributed by atoms with Crippen molar-refractivity contribution in [2.75, 3.05) is 0 Å². The van der Waals surface area contributed by atoms with Crippen LogP contribution in [0.15, 0.2) is 54.6 Å². The fourth-order valence-electron chi connectivity index (χ4n) is 1.84. The molecule has 5 nitrogen and oxygen atoms in total. The lowest BCUT2D eigenvalue weighted by Crippen LogP contribution is -2.30. The molecule has 0 saturated heterocycles. The summed E-state index contributed by atoms with van der Waals surface area (Å²) in [5.41, 5.74) is 10.9. The molecule has 23 heavy (non-hydrogen) atoms. The zero-order valence-corrected chi connectivity index (χ0v) is 13.7. The highest BCUT2D eigenvalue weighted by atomic mass is 16.5. The normalized spacial score (nSPS) is 9.78. The molecule has 0 aliphatic heterocycles. The van der Waals surface area contributed by atoms with Crippen molar-refractivity contribution in [3.8, 4) is 0 Å². The number of amides is 1. The Morgan fingerprint density at radius 3 is 2.30 bits per heavy atom. The highest BCUT2D eigenvalue weighted by Gasteiger charge is 1.98. The van der Waals surface area contributed by atoms with Crippen LogP contribution in [0.5, 0.6) is 0 Å². The van der Waals surface area contributed by atoms with E-state index in [1.165, 1.54) is 11.1 Å². The van der Waals surface area contributed by atoms with Gasteiger partial charge in [0.25, 0.3) is 0 Å². The van der Waals surface area contributed by atoms with Gasteiger partial charge in [-0.1, -0.05) is 68.4 Å². The minimum Gasteiger partial charge on any atom is -0.444 e. The molecule has 124 valence electrons. The van der Waals surface area contributed by atoms with Gasteiger partial charge in [-0.3, -0.25) is 5.43 Å². The van der Waals surface area contributed by atoms with Crippen molar-refractivity contribution in [1.29, 1.82) is 0 Å². The van der Waals surface area contributed by atoms with Crippen molar-refractivity contribution in [2.24, 2.45) is 11.6 Å². The van der Waals surface area contributed by atoms with Crippen LogP contribution in [0, 0.1) is 0 Å². The first-order chi connectivity index (χ1) is 11.1. The molecule has 2 rings (SSSR count). The number of benzene rings is 2. The summed E-state index contributed by atoms with van der Waals surface area (Å²) in [4.78, 5) is 10.5. The van der Waals surface area contributed by atoms with E-state index < -0.39 is 6.09 Å². The average Bonchev–Trinajstić information content (AvgIpc) is 2.61. The summed E-state index contributed by atoms with van der Waals surface area (Å²) in [6, 6.07) is 17.8. The van der Waals surface area contributed by atoms with Crippen molar-refractivity contribution in [3.63, 3.8) is 0 Å². The minimum absolute atomic E-state index is 0.240. The van der Waals surface area contributed by atoms with Crippen molar-refractivity contribution in [3.05, 3.63) is 71.3 Å². The van der Waals surface area contributed by atoms with E-state index in [0.717, 1.165) is 5.56 Å². The number of nitrogens with one attached hydrogen (secondary N) is 1. The standard InChI is InChI=1S/C10H15N.C8H10N2O2/c1-8(2)10-5-3-4-9(6-10)7-11;9-10-8(11)12-6-7-4-2-1-3-5-7/h3-6,8H,7,11H2,1-2H3;1-5H,6,9H2,(H,10,11). The first-order valence-electron chi connectivity index (χ1n) is 7.53. The summed E-state index contributed by atoms with van der Waals surface area (Å²) in [5, 5.41) is 0. The van der Waals surface area contributed by atoms with Gasteiger partial charge in [0.15, 0.2) is 0 Å². The van der Waals surface area contributed by atoms with Crippen molar-refractivity contribution in [2.45, 2.75) is 32.9 Å². The van der Waals surface area contributed by atoms with Crippen LogP contribution >= 0.6 is 0 Å². The van der Waals surface area contributed by atoms with Crippen LogP contribution in [0.1, 0.15) is 36.5 Å². The number of carbonyl (C=O) groups is 1. The zero-order valence-electron chi connectivity index (χ0n) is 13.7. The second kappa shape index (κ2) is 10.4. The third-order valence-electron chi connectivity index (χ3n) is 3.18. The van der Waals surface area contributed by atoms with E-state index in [9.17, 15) is 4.79 Å². The Kier molecular flexibility index (Phi) is 8.42. The molecular weight excluding hydrogens is 290 g/mol. The molecule has 0 saturated carbocycles. The molecule has 0 heterocycles. The lowest BCUT2D eigenvalue weighted by atomic mass is 10.0. The summed E-state index contributed by atoms with van der Waals surface area (Å²) in [5.74, 6) is 5.41. The maximum absolute atomic E-state index is 10.5. The summed E-state index contributed by atoms with van der Waals surface area (Å²) in [7, 11) is 0. The van der Waals surface area contributed by atoms with Crippen LogP contribution in [0.2, 0.25) is 0 Å². The van der Waals surface area contributed by atoms with Crippen molar-refractivity contribution >= 4 is 6.09 Å². The molecule has 0 atom stereocenters. The average molecular weight is 315 g/mol. The largest absolute Gasteiger partial charge is 0.444 e. The van der Waals surface area contributed by atoms with E-state index in [-0.39, 0.29) is 6.61 Å². The summed E-state index contributed by atoms with van der Waals surface area (Å²) >= 11 is 0. The molecule has 0 aliphatic rings. The third-order valence-corrected chi connectivity index (χ3v) is 3.18. The molecule has 5 heteroatoms. The first-order valence-corrected chi connectivity index (χ1v) is 7.53. The third kappa shape index (κ3) is 7.44. The van der Waals surface area contributed by atoms with Crippen LogP contribution < -0.4 is 17.0 Å². The van der Waals surface area contributed by atoms with Crippen LogP contribution in [-0.4, -0.2) is 6.09 Å². The Bertz CT molecular complexity index is 586. The van der Waals surface area contributed by atoms with Crippen molar-refractivity contribution < 1.29 is 9.53 Å². The molecule has 0 fully saturated rings. The van der Waals surface area contributed by atoms with E-state index >= 15 is 0 Å². The van der Waals surface area contributed by atoms with E-state index in [1.54, 1.807) is 0 Å². The second-order valence-electron chi connectivity index (χ2n) is 5.31. The van der Waals surface area contributed by atoms with Crippen LogP contribution in [0.3, 0.4) is 0 Å². The predicted molar refractivity (Wildman–Crippen MR) is 92.4 cm³/mol. The van der Waals surface area contributed by atoms with Gasteiger partial charge < -0.3 is 10.5 Å². The molecule has 0 spiro atoms. The molecule has 0 bridgehead atoms. The smallest absolute Gasteiger partial charge is 0.421 e. The Hall–Kier alpha value is -2.37. The molecule has 0 aromatic heterocycles. The fraction of sp³-hybridized carbons (Fsp3) is 0.278. The maximum Gasteiger partial charge on any atom is 0.421 e. The Labute approximate surface area is 137 Å². The number of nitrogens with two attached hydrogens (primary N) is 2. The molecule has 2 aromatic carbocycles. The van der Waals surface area contributed by atoms with Gasteiger partial charge in [-0.05, 0) is 22.6 Å². The lowest BCUT2D eigenvalue weighted by molar-refractivity contribution is 0.140. The number of carbonyl (C=O) groups excluding carboxylic acids is 1. The van der Waals surface area contributed by atoms with Gasteiger partial charge in [0.05, 0.1) is 0 Å². The number of hydrazine groups is 1. The van der Waals surface area contributed by atoms with Gasteiger partial charge in [-0.2, -0.15) is 0 Å². The van der Waals surface area contributed by atoms with E-state index in [1.807, 2.05) is 35.8 Å². The molecule has 2 aromatic rings. The minimum atomic E-state index is -0.626. The Balaban J connectivity index is 0.000000231. The van der Waals surface area contributed by atoms with Crippen molar-refractivity contribution in [1.82, 2.24) is 5.43 Å². The summed E-state index contributed by atoms with van der Waals surface area (Å²) < 4.78 is 4.70. The van der Waals surface area contributed by atoms with Gasteiger partial charge in [-0.15, -0.1) is 0 Å². The van der Waals surface area contributed by atoms with Crippen LogP contribution in [0.25, 0.3) is 0 Å². The first kappa shape index (κ1) is 18.7. The van der Waals surface area contributed by atoms with Gasteiger partial charge in [0.2, 0.25) is 0 Å². The number of rotatable bonds is 4. The highest BCUT2D eigenvalue weighted by molar-refractivity contribution is 5.66. The monoisotopic (exact) mass is 315 g/mol. The van der Waals surface area contributed by atoms with Gasteiger partial charge >= 0.3 is 6.09 Å². The second-order valence-corrected chi connectivity index (χ2v) is 5.31. The highest BCUT2D eigenvalue weighted by Crippen LogP contribution is 2.14. The maximum atomic E-state index is 10.5. The molecule has 0 aliphatic carbocycles. The zero-order chi connectivity index (χ0) is 17.1. The molecular formula is C18H25N3O2. The fourth-order valence-corrected chi connectivity index (χ4v) is 1.84. The van der Waals surface area contributed by atoms with Gasteiger partial charge in [0.1, 0.15) is 6.61 Å². The molecule has 5 N–H and O–H groups in total. The predicted octanol–water partition coefficient (Wildman–Crippen LogP) is 3.06. The summed E-state index contributed by atoms with van der Waals surface area (Å²) in [6.07, 6.45) is -0.626. The quantitative estimate of drug-likeness (QED) is 0.459. The number of hydrogen-bond acceptors (Lipinski definition) is 4. The number of ether oxygens (including phenoxy) is 1. The molecule has 1 amide bonds.